The Labute approximate surface area is 147 Å². The molecule has 0 atom stereocenters. The Morgan fingerprint density at radius 1 is 1.12 bits per heavy atom. The summed E-state index contributed by atoms with van der Waals surface area (Å²) >= 11 is 0. The smallest absolute Gasteiger partial charge is 0.313 e. The molecule has 0 aromatic heterocycles. The molecule has 5 heteroatoms. The Balaban J connectivity index is 2.09. The summed E-state index contributed by atoms with van der Waals surface area (Å²) in [6, 6.07) is 12.6. The number of amides is 1. The summed E-state index contributed by atoms with van der Waals surface area (Å²) in [7, 11) is 1.58. The zero-order valence-corrected chi connectivity index (χ0v) is 14.9. The molecule has 25 heavy (non-hydrogen) atoms. The van der Waals surface area contributed by atoms with E-state index in [1.165, 1.54) is 0 Å². The van der Waals surface area contributed by atoms with Gasteiger partial charge in [-0.3, -0.25) is 9.59 Å². The molecule has 2 N–H and O–H groups in total. The number of anilines is 1. The maximum atomic E-state index is 12.3. The predicted octanol–water partition coefficient (Wildman–Crippen LogP) is 3.55. The predicted molar refractivity (Wildman–Crippen MR) is 97.2 cm³/mol. The largest absolute Gasteiger partial charge is 0.496 e. The van der Waals surface area contributed by atoms with E-state index in [4.69, 9.17) is 4.74 Å². The summed E-state index contributed by atoms with van der Waals surface area (Å²) < 4.78 is 5.29. The van der Waals surface area contributed by atoms with Crippen LogP contribution in [0.4, 0.5) is 5.69 Å². The lowest BCUT2D eigenvalue weighted by atomic mass is 9.85. The highest BCUT2D eigenvalue weighted by Crippen LogP contribution is 2.25. The van der Waals surface area contributed by atoms with Crippen molar-refractivity contribution in [2.75, 3.05) is 12.4 Å². The molecule has 0 fully saturated rings. The maximum absolute atomic E-state index is 12.3. The van der Waals surface area contributed by atoms with Crippen LogP contribution in [0.5, 0.6) is 5.75 Å². The summed E-state index contributed by atoms with van der Waals surface area (Å²) in [5, 5.41) is 12.1. The second-order valence-electron chi connectivity index (χ2n) is 6.55. The highest BCUT2D eigenvalue weighted by molar-refractivity contribution is 5.92. The molecule has 0 aliphatic carbocycles. The second kappa shape index (κ2) is 7.38. The van der Waals surface area contributed by atoms with Gasteiger partial charge in [-0.25, -0.2) is 0 Å². The number of nitrogens with one attached hydrogen (secondary N) is 1. The van der Waals surface area contributed by atoms with Gasteiger partial charge >= 0.3 is 5.97 Å². The van der Waals surface area contributed by atoms with Crippen LogP contribution in [0.25, 0.3) is 0 Å². The van der Waals surface area contributed by atoms with Crippen molar-refractivity contribution in [3.63, 3.8) is 0 Å². The molecule has 0 saturated heterocycles. The molecule has 0 saturated carbocycles. The van der Waals surface area contributed by atoms with E-state index >= 15 is 0 Å². The zero-order valence-electron chi connectivity index (χ0n) is 14.9. The number of rotatable bonds is 6. The molecule has 0 aliphatic rings. The van der Waals surface area contributed by atoms with Crippen molar-refractivity contribution >= 4 is 17.6 Å². The number of hydrogen-bond donors (Lipinski definition) is 2. The van der Waals surface area contributed by atoms with Crippen LogP contribution in [0, 0.1) is 6.92 Å². The molecule has 5 nitrogen and oxygen atoms in total. The number of methoxy groups -OCH3 is 1. The van der Waals surface area contributed by atoms with Crippen LogP contribution in [0.2, 0.25) is 0 Å². The van der Waals surface area contributed by atoms with Gasteiger partial charge in [0.15, 0.2) is 0 Å². The van der Waals surface area contributed by atoms with Gasteiger partial charge in [0.1, 0.15) is 5.75 Å². The minimum absolute atomic E-state index is 0.158. The summed E-state index contributed by atoms with van der Waals surface area (Å²) in [4.78, 5) is 23.6. The van der Waals surface area contributed by atoms with E-state index in [0.29, 0.717) is 17.0 Å². The van der Waals surface area contributed by atoms with Crippen LogP contribution < -0.4 is 10.1 Å². The van der Waals surface area contributed by atoms with Crippen LogP contribution in [0.1, 0.15) is 30.5 Å². The normalized spacial score (nSPS) is 11.0. The lowest BCUT2D eigenvalue weighted by Crippen LogP contribution is -2.28. The van der Waals surface area contributed by atoms with Gasteiger partial charge in [-0.05, 0) is 44.5 Å². The Hall–Kier alpha value is -2.82. The molecule has 0 spiro atoms. The average molecular weight is 341 g/mol. The maximum Gasteiger partial charge on any atom is 0.313 e. The molecule has 132 valence electrons. The van der Waals surface area contributed by atoms with Crippen molar-refractivity contribution < 1.29 is 19.4 Å². The van der Waals surface area contributed by atoms with Gasteiger partial charge in [0.05, 0.1) is 18.9 Å². The molecule has 2 rings (SSSR count). The van der Waals surface area contributed by atoms with Crippen LogP contribution in [0.3, 0.4) is 0 Å². The molecule has 0 radical (unpaired) electrons. The minimum Gasteiger partial charge on any atom is -0.496 e. The highest BCUT2D eigenvalue weighted by atomic mass is 16.5. The zero-order chi connectivity index (χ0) is 18.6. The number of carboxylic acid groups (broad SMARTS) is 1. The fourth-order valence-corrected chi connectivity index (χ4v) is 2.52. The summed E-state index contributed by atoms with van der Waals surface area (Å²) in [5.74, 6) is -0.371. The first-order chi connectivity index (χ1) is 11.7. The van der Waals surface area contributed by atoms with E-state index in [0.717, 1.165) is 11.1 Å². The molecule has 1 amide bonds. The first-order valence-electron chi connectivity index (χ1n) is 8.01. The van der Waals surface area contributed by atoms with Gasteiger partial charge in [-0.1, -0.05) is 29.8 Å². The number of carbonyl (C=O) groups excluding carboxylic acids is 1. The topological polar surface area (TPSA) is 75.6 Å². The third-order valence-electron chi connectivity index (χ3n) is 4.21. The third kappa shape index (κ3) is 4.38. The summed E-state index contributed by atoms with van der Waals surface area (Å²) in [6.07, 6.45) is 0.202. The van der Waals surface area contributed by atoms with Crippen LogP contribution in [0.15, 0.2) is 42.5 Å². The number of hydrogen-bond acceptors (Lipinski definition) is 3. The molecule has 2 aromatic carbocycles. The van der Waals surface area contributed by atoms with E-state index in [9.17, 15) is 14.7 Å². The van der Waals surface area contributed by atoms with Crippen molar-refractivity contribution in [1.82, 2.24) is 0 Å². The number of aryl methyl sites for hydroxylation is 1. The van der Waals surface area contributed by atoms with E-state index < -0.39 is 11.4 Å². The molecular formula is C20H23NO4. The summed E-state index contributed by atoms with van der Waals surface area (Å²) in [5.41, 5.74) is 2.21. The Bertz CT molecular complexity index is 779. The van der Waals surface area contributed by atoms with Crippen LogP contribution in [-0.4, -0.2) is 24.1 Å². The van der Waals surface area contributed by atoms with E-state index in [1.54, 1.807) is 45.2 Å². The van der Waals surface area contributed by atoms with Gasteiger partial charge in [0, 0.05) is 11.3 Å². The molecule has 0 heterocycles. The quantitative estimate of drug-likeness (QED) is 0.842. The number of carboxylic acids is 1. The standard InChI is InChI=1S/C20H23NO4/c1-13-5-10-17(25-4)14(11-13)12-18(22)21-16-8-6-15(7-9-16)20(2,3)19(23)24/h5-11H,12H2,1-4H3,(H,21,22)(H,23,24). The Morgan fingerprint density at radius 3 is 2.32 bits per heavy atom. The minimum atomic E-state index is -0.975. The van der Waals surface area contributed by atoms with Crippen molar-refractivity contribution in [2.24, 2.45) is 0 Å². The molecule has 0 unspecified atom stereocenters. The fraction of sp³-hybridized carbons (Fsp3) is 0.300. The van der Waals surface area contributed by atoms with Crippen molar-refractivity contribution in [1.29, 1.82) is 0 Å². The molecule has 0 aliphatic heterocycles. The average Bonchev–Trinajstić information content (AvgIpc) is 2.55. The fourth-order valence-electron chi connectivity index (χ4n) is 2.52. The Kier molecular flexibility index (Phi) is 5.47. The lowest BCUT2D eigenvalue weighted by Gasteiger charge is -2.20. The first kappa shape index (κ1) is 18.5. The van der Waals surface area contributed by atoms with Gasteiger partial charge < -0.3 is 15.2 Å². The second-order valence-corrected chi connectivity index (χ2v) is 6.55. The number of benzene rings is 2. The van der Waals surface area contributed by atoms with Crippen molar-refractivity contribution in [3.8, 4) is 5.75 Å². The van der Waals surface area contributed by atoms with Gasteiger partial charge in [-0.2, -0.15) is 0 Å². The van der Waals surface area contributed by atoms with Crippen LogP contribution in [-0.2, 0) is 21.4 Å². The molecule has 0 bridgehead atoms. The van der Waals surface area contributed by atoms with Gasteiger partial charge in [0.25, 0.3) is 0 Å². The van der Waals surface area contributed by atoms with E-state index in [-0.39, 0.29) is 12.3 Å². The number of aliphatic carboxylic acids is 1. The first-order valence-corrected chi connectivity index (χ1v) is 8.01. The number of ether oxygens (including phenoxy) is 1. The van der Waals surface area contributed by atoms with E-state index in [1.807, 2.05) is 25.1 Å². The molecule has 2 aromatic rings. The molecular weight excluding hydrogens is 318 g/mol. The highest BCUT2D eigenvalue weighted by Gasteiger charge is 2.29. The third-order valence-corrected chi connectivity index (χ3v) is 4.21. The summed E-state index contributed by atoms with van der Waals surface area (Å²) in [6.45, 7) is 5.25. The Morgan fingerprint density at radius 2 is 1.76 bits per heavy atom. The van der Waals surface area contributed by atoms with Gasteiger partial charge in [0.2, 0.25) is 5.91 Å². The SMILES string of the molecule is COc1ccc(C)cc1CC(=O)Nc1ccc(C(C)(C)C(=O)O)cc1. The number of carbonyl (C=O) groups is 2. The van der Waals surface area contributed by atoms with Crippen molar-refractivity contribution in [3.05, 3.63) is 59.2 Å². The monoisotopic (exact) mass is 341 g/mol. The van der Waals surface area contributed by atoms with Crippen LogP contribution >= 0.6 is 0 Å². The lowest BCUT2D eigenvalue weighted by molar-refractivity contribution is -0.142. The van der Waals surface area contributed by atoms with E-state index in [2.05, 4.69) is 5.32 Å². The van der Waals surface area contributed by atoms with Crippen molar-refractivity contribution in [2.45, 2.75) is 32.6 Å². The van der Waals surface area contributed by atoms with Gasteiger partial charge in [-0.15, -0.1) is 0 Å².